The Balaban J connectivity index is 2.83. The van der Waals surface area contributed by atoms with Gasteiger partial charge in [-0.15, -0.1) is 0 Å². The van der Waals surface area contributed by atoms with Crippen LogP contribution in [0.3, 0.4) is 0 Å². The quantitative estimate of drug-likeness (QED) is 0.556. The van der Waals surface area contributed by atoms with Crippen molar-refractivity contribution in [3.8, 4) is 0 Å². The van der Waals surface area contributed by atoms with Crippen molar-refractivity contribution in [1.29, 1.82) is 0 Å². The number of benzene rings is 1. The number of para-hydroxylation sites is 1. The van der Waals surface area contributed by atoms with Crippen molar-refractivity contribution in [2.24, 2.45) is 0 Å². The lowest BCUT2D eigenvalue weighted by atomic mass is 10.2. The summed E-state index contributed by atoms with van der Waals surface area (Å²) >= 11 is 0. The number of hydrogen-bond acceptors (Lipinski definition) is 1. The zero-order chi connectivity index (χ0) is 7.68. The highest BCUT2D eigenvalue weighted by molar-refractivity contribution is 5.79. The van der Waals surface area contributed by atoms with Gasteiger partial charge in [0.1, 0.15) is 5.82 Å². The van der Waals surface area contributed by atoms with E-state index in [1.807, 2.05) is 30.3 Å². The molecule has 1 aromatic heterocycles. The van der Waals surface area contributed by atoms with E-state index in [1.165, 1.54) is 0 Å². The van der Waals surface area contributed by atoms with Gasteiger partial charge in [0.15, 0.2) is 0 Å². The van der Waals surface area contributed by atoms with E-state index in [4.69, 9.17) is 5.73 Å². The molecule has 1 N–H and O–H groups in total. The van der Waals surface area contributed by atoms with Crippen LogP contribution in [0.2, 0.25) is 0 Å². The minimum atomic E-state index is 0.323. The Morgan fingerprint density at radius 3 is 2.73 bits per heavy atom. The molecular formula is C9H7N2. The molecule has 0 aliphatic heterocycles. The molecule has 0 spiro atoms. The lowest BCUT2D eigenvalue weighted by Gasteiger charge is -1.95. The molecule has 1 heterocycles. The average Bonchev–Trinajstić information content (AvgIpc) is 2.04. The van der Waals surface area contributed by atoms with Gasteiger partial charge in [0.25, 0.3) is 0 Å². The monoisotopic (exact) mass is 143 g/mol. The van der Waals surface area contributed by atoms with E-state index >= 15 is 0 Å². The molecule has 1 aromatic carbocycles. The van der Waals surface area contributed by atoms with Gasteiger partial charge >= 0.3 is 0 Å². The minimum absolute atomic E-state index is 0.323. The summed E-state index contributed by atoms with van der Waals surface area (Å²) in [4.78, 5) is 4.04. The number of aromatic nitrogens is 1. The zero-order valence-corrected chi connectivity index (χ0v) is 5.91. The van der Waals surface area contributed by atoms with E-state index in [1.54, 1.807) is 6.07 Å². The molecule has 2 nitrogen and oxygen atoms in total. The van der Waals surface area contributed by atoms with E-state index in [2.05, 4.69) is 4.98 Å². The predicted octanol–water partition coefficient (Wildman–Crippen LogP) is 2.15. The molecule has 0 saturated carbocycles. The van der Waals surface area contributed by atoms with Crippen molar-refractivity contribution in [3.05, 3.63) is 36.4 Å². The molecule has 2 rings (SSSR count). The average molecular weight is 143 g/mol. The van der Waals surface area contributed by atoms with Crippen LogP contribution >= 0.6 is 0 Å². The Hall–Kier alpha value is -1.57. The SMILES string of the molecule is [NH]c1ccc2ccccc2n1. The minimum Gasteiger partial charge on any atom is -0.283 e. The molecule has 0 amide bonds. The van der Waals surface area contributed by atoms with Crippen LogP contribution in [-0.2, 0) is 0 Å². The normalized spacial score (nSPS) is 10.2. The van der Waals surface area contributed by atoms with Crippen LogP contribution < -0.4 is 5.73 Å². The molecule has 0 atom stereocenters. The summed E-state index contributed by atoms with van der Waals surface area (Å²) in [6, 6.07) is 11.4. The number of nitrogens with zero attached hydrogens (tertiary/aromatic N) is 1. The van der Waals surface area contributed by atoms with Crippen molar-refractivity contribution in [2.75, 3.05) is 0 Å². The molecular weight excluding hydrogens is 136 g/mol. The smallest absolute Gasteiger partial charge is 0.145 e. The lowest BCUT2D eigenvalue weighted by molar-refractivity contribution is 1.31. The Morgan fingerprint density at radius 2 is 1.82 bits per heavy atom. The maximum Gasteiger partial charge on any atom is 0.145 e. The Bertz CT molecular complexity index is 382. The van der Waals surface area contributed by atoms with Crippen molar-refractivity contribution in [2.45, 2.75) is 0 Å². The maximum atomic E-state index is 7.27. The number of rotatable bonds is 0. The van der Waals surface area contributed by atoms with E-state index < -0.39 is 0 Å². The van der Waals surface area contributed by atoms with Crippen LogP contribution in [0.4, 0.5) is 5.82 Å². The van der Waals surface area contributed by atoms with Gasteiger partial charge in [-0.3, -0.25) is 5.73 Å². The standard InChI is InChI=1S/C9H7N2/c10-9-6-5-7-3-1-2-4-8(7)11-9/h1-6,10H. The van der Waals surface area contributed by atoms with Gasteiger partial charge in [0.05, 0.1) is 5.52 Å². The van der Waals surface area contributed by atoms with Gasteiger partial charge in [-0.2, -0.15) is 0 Å². The molecule has 0 saturated heterocycles. The first-order valence-electron chi connectivity index (χ1n) is 3.44. The Morgan fingerprint density at radius 1 is 1.00 bits per heavy atom. The van der Waals surface area contributed by atoms with Crippen molar-refractivity contribution in [1.82, 2.24) is 10.7 Å². The van der Waals surface area contributed by atoms with Crippen LogP contribution in [-0.4, -0.2) is 4.98 Å². The van der Waals surface area contributed by atoms with Crippen LogP contribution in [0.5, 0.6) is 0 Å². The molecule has 11 heavy (non-hydrogen) atoms. The molecule has 0 bridgehead atoms. The number of pyridine rings is 1. The second-order valence-electron chi connectivity index (χ2n) is 2.39. The molecule has 2 aromatic rings. The molecule has 0 aliphatic rings. The van der Waals surface area contributed by atoms with Crippen LogP contribution in [0.15, 0.2) is 36.4 Å². The summed E-state index contributed by atoms with van der Waals surface area (Å²) in [6.07, 6.45) is 0. The highest BCUT2D eigenvalue weighted by Gasteiger charge is 1.92. The van der Waals surface area contributed by atoms with E-state index in [9.17, 15) is 0 Å². The fourth-order valence-electron chi connectivity index (χ4n) is 1.07. The van der Waals surface area contributed by atoms with Crippen LogP contribution in [0.25, 0.3) is 10.9 Å². The highest BCUT2D eigenvalue weighted by Crippen LogP contribution is 2.12. The fraction of sp³-hybridized carbons (Fsp3) is 0. The van der Waals surface area contributed by atoms with Crippen molar-refractivity contribution < 1.29 is 0 Å². The van der Waals surface area contributed by atoms with Gasteiger partial charge in [0.2, 0.25) is 0 Å². The Labute approximate surface area is 64.7 Å². The van der Waals surface area contributed by atoms with Crippen LogP contribution in [0, 0.1) is 0 Å². The highest BCUT2D eigenvalue weighted by atomic mass is 14.8. The summed E-state index contributed by atoms with van der Waals surface area (Å²) in [5.74, 6) is 0.323. The van der Waals surface area contributed by atoms with Gasteiger partial charge in [-0.25, -0.2) is 4.98 Å². The molecule has 0 unspecified atom stereocenters. The first kappa shape index (κ1) is 6.16. The third-order valence-electron chi connectivity index (χ3n) is 1.60. The van der Waals surface area contributed by atoms with E-state index in [-0.39, 0.29) is 0 Å². The molecule has 2 heteroatoms. The second-order valence-corrected chi connectivity index (χ2v) is 2.39. The molecule has 53 valence electrons. The molecule has 1 radical (unpaired) electrons. The van der Waals surface area contributed by atoms with Gasteiger partial charge in [-0.1, -0.05) is 18.2 Å². The Kier molecular flexibility index (Phi) is 1.25. The summed E-state index contributed by atoms with van der Waals surface area (Å²) < 4.78 is 0. The first-order chi connectivity index (χ1) is 5.36. The lowest BCUT2D eigenvalue weighted by Crippen LogP contribution is -1.79. The summed E-state index contributed by atoms with van der Waals surface area (Å²) in [5, 5.41) is 1.09. The summed E-state index contributed by atoms with van der Waals surface area (Å²) in [6.45, 7) is 0. The van der Waals surface area contributed by atoms with Crippen LogP contribution in [0.1, 0.15) is 0 Å². The summed E-state index contributed by atoms with van der Waals surface area (Å²) in [5.41, 5.74) is 8.15. The summed E-state index contributed by atoms with van der Waals surface area (Å²) in [7, 11) is 0. The van der Waals surface area contributed by atoms with Gasteiger partial charge in [-0.05, 0) is 18.2 Å². The zero-order valence-electron chi connectivity index (χ0n) is 5.91. The number of nitrogens with one attached hydrogen (secondary N) is 1. The second kappa shape index (κ2) is 2.23. The van der Waals surface area contributed by atoms with Crippen molar-refractivity contribution in [3.63, 3.8) is 0 Å². The fourth-order valence-corrected chi connectivity index (χ4v) is 1.07. The third kappa shape index (κ3) is 1.03. The van der Waals surface area contributed by atoms with Gasteiger partial charge in [0, 0.05) is 5.39 Å². The number of hydrogen-bond donors (Lipinski definition) is 0. The maximum absolute atomic E-state index is 7.27. The largest absolute Gasteiger partial charge is 0.283 e. The van der Waals surface area contributed by atoms with E-state index in [0.29, 0.717) is 5.82 Å². The third-order valence-corrected chi connectivity index (χ3v) is 1.60. The topological polar surface area (TPSA) is 36.7 Å². The predicted molar refractivity (Wildman–Crippen MR) is 44.5 cm³/mol. The van der Waals surface area contributed by atoms with E-state index in [0.717, 1.165) is 10.9 Å². The molecule has 0 aliphatic carbocycles. The molecule has 0 fully saturated rings. The van der Waals surface area contributed by atoms with Gasteiger partial charge < -0.3 is 0 Å². The van der Waals surface area contributed by atoms with Crippen molar-refractivity contribution >= 4 is 16.7 Å². The first-order valence-corrected chi connectivity index (χ1v) is 3.44. The number of fused-ring (bicyclic) bond motifs is 1.